The molecule has 0 atom stereocenters. The first-order valence-electron chi connectivity index (χ1n) is 11.0. The molecule has 2 heterocycles. The summed E-state index contributed by atoms with van der Waals surface area (Å²) < 4.78 is 7.40. The predicted molar refractivity (Wildman–Crippen MR) is 136 cm³/mol. The number of aromatic nitrogens is 2. The second kappa shape index (κ2) is 9.65. The molecule has 0 aliphatic heterocycles. The van der Waals surface area contributed by atoms with Crippen LogP contribution in [0.4, 0.5) is 5.69 Å². The van der Waals surface area contributed by atoms with Crippen molar-refractivity contribution in [1.82, 2.24) is 9.38 Å². The average Bonchev–Trinajstić information content (AvgIpc) is 2.83. The van der Waals surface area contributed by atoms with Gasteiger partial charge in [0.15, 0.2) is 0 Å². The van der Waals surface area contributed by atoms with E-state index in [0.29, 0.717) is 17.1 Å². The van der Waals surface area contributed by atoms with Gasteiger partial charge in [0.1, 0.15) is 28.6 Å². The third kappa shape index (κ3) is 4.97. The SMILES string of the molecule is Cc1ccc(Oc2nc3ccccn3c(=O)c2/C=C(/C#N)C(=O)Nc2cc(C)ccc2C)c(C)c1. The molecule has 0 saturated heterocycles. The molecule has 0 spiro atoms. The molecule has 0 saturated carbocycles. The summed E-state index contributed by atoms with van der Waals surface area (Å²) in [7, 11) is 0. The number of anilines is 1. The zero-order valence-corrected chi connectivity index (χ0v) is 19.9. The number of nitrogens with zero attached hydrogens (tertiary/aromatic N) is 3. The van der Waals surface area contributed by atoms with E-state index in [0.717, 1.165) is 22.3 Å². The summed E-state index contributed by atoms with van der Waals surface area (Å²) >= 11 is 0. The third-order valence-corrected chi connectivity index (χ3v) is 5.57. The zero-order chi connectivity index (χ0) is 25.1. The van der Waals surface area contributed by atoms with Gasteiger partial charge in [-0.1, -0.05) is 35.9 Å². The Bertz CT molecular complexity index is 1590. The van der Waals surface area contributed by atoms with Crippen LogP contribution in [0.15, 0.2) is 71.2 Å². The van der Waals surface area contributed by atoms with E-state index < -0.39 is 11.5 Å². The highest BCUT2D eigenvalue weighted by Gasteiger charge is 2.18. The maximum absolute atomic E-state index is 13.4. The van der Waals surface area contributed by atoms with Crippen molar-refractivity contribution >= 4 is 23.3 Å². The van der Waals surface area contributed by atoms with Crippen molar-refractivity contribution in [2.45, 2.75) is 27.7 Å². The third-order valence-electron chi connectivity index (χ3n) is 5.57. The molecule has 0 unspecified atom stereocenters. The van der Waals surface area contributed by atoms with Gasteiger partial charge in [-0.2, -0.15) is 10.2 Å². The Morgan fingerprint density at radius 3 is 2.51 bits per heavy atom. The number of rotatable bonds is 5. The number of nitrogens with one attached hydrogen (secondary N) is 1. The molecule has 1 N–H and O–H groups in total. The van der Waals surface area contributed by atoms with E-state index >= 15 is 0 Å². The second-order valence-corrected chi connectivity index (χ2v) is 8.38. The van der Waals surface area contributed by atoms with E-state index in [1.165, 1.54) is 10.5 Å². The van der Waals surface area contributed by atoms with Crippen LogP contribution in [0.1, 0.15) is 27.8 Å². The number of fused-ring (bicyclic) bond motifs is 1. The average molecular weight is 465 g/mol. The summed E-state index contributed by atoms with van der Waals surface area (Å²) in [5, 5.41) is 12.5. The largest absolute Gasteiger partial charge is 0.438 e. The van der Waals surface area contributed by atoms with E-state index in [-0.39, 0.29) is 17.0 Å². The fraction of sp³-hybridized carbons (Fsp3) is 0.143. The van der Waals surface area contributed by atoms with E-state index in [1.807, 2.05) is 64.1 Å². The Labute approximate surface area is 203 Å². The quantitative estimate of drug-likeness (QED) is 0.321. The number of hydrogen-bond acceptors (Lipinski definition) is 5. The summed E-state index contributed by atoms with van der Waals surface area (Å²) in [4.78, 5) is 30.8. The fourth-order valence-corrected chi connectivity index (χ4v) is 3.65. The summed E-state index contributed by atoms with van der Waals surface area (Å²) in [5.74, 6) is -0.0903. The molecule has 2 aromatic carbocycles. The fourth-order valence-electron chi connectivity index (χ4n) is 3.65. The van der Waals surface area contributed by atoms with Crippen LogP contribution >= 0.6 is 0 Å². The van der Waals surface area contributed by atoms with Crippen LogP contribution in [0, 0.1) is 39.0 Å². The zero-order valence-electron chi connectivity index (χ0n) is 19.9. The molecule has 0 radical (unpaired) electrons. The smallest absolute Gasteiger partial charge is 0.269 e. The van der Waals surface area contributed by atoms with Crippen LogP contribution in [0.2, 0.25) is 0 Å². The van der Waals surface area contributed by atoms with Crippen molar-refractivity contribution in [2.24, 2.45) is 0 Å². The van der Waals surface area contributed by atoms with E-state index in [4.69, 9.17) is 4.74 Å². The van der Waals surface area contributed by atoms with Crippen LogP contribution in [0.3, 0.4) is 0 Å². The summed E-state index contributed by atoms with van der Waals surface area (Å²) in [6.45, 7) is 7.64. The Balaban J connectivity index is 1.82. The number of aryl methyl sites for hydroxylation is 4. The van der Waals surface area contributed by atoms with Gasteiger partial charge in [0, 0.05) is 11.9 Å². The standard InChI is InChI=1S/C28H24N4O3/c1-17-9-11-24(20(4)13-17)35-27-22(28(34)32-12-6-5-7-25(32)31-27)15-21(16-29)26(33)30-23-14-18(2)8-10-19(23)3/h5-15H,1-4H3,(H,30,33)/b21-15-. The highest BCUT2D eigenvalue weighted by molar-refractivity contribution is 6.10. The van der Waals surface area contributed by atoms with Crippen LogP contribution < -0.4 is 15.6 Å². The highest BCUT2D eigenvalue weighted by Crippen LogP contribution is 2.27. The lowest BCUT2D eigenvalue weighted by Gasteiger charge is -2.13. The molecule has 0 fully saturated rings. The predicted octanol–water partition coefficient (Wildman–Crippen LogP) is 5.27. The lowest BCUT2D eigenvalue weighted by molar-refractivity contribution is -0.112. The first-order chi connectivity index (χ1) is 16.8. The second-order valence-electron chi connectivity index (χ2n) is 8.38. The topological polar surface area (TPSA) is 96.5 Å². The number of nitriles is 1. The van der Waals surface area contributed by atoms with Crippen molar-refractivity contribution < 1.29 is 9.53 Å². The number of amides is 1. The molecule has 0 bridgehead atoms. The summed E-state index contributed by atoms with van der Waals surface area (Å²) in [6.07, 6.45) is 2.80. The summed E-state index contributed by atoms with van der Waals surface area (Å²) in [5.41, 5.74) is 4.03. The Kier molecular flexibility index (Phi) is 6.47. The molecule has 1 amide bonds. The van der Waals surface area contributed by atoms with Gasteiger partial charge in [-0.15, -0.1) is 0 Å². The highest BCUT2D eigenvalue weighted by atomic mass is 16.5. The van der Waals surface area contributed by atoms with Gasteiger partial charge in [0.05, 0.1) is 0 Å². The number of carbonyl (C=O) groups excluding carboxylic acids is 1. The molecule has 2 aromatic heterocycles. The van der Waals surface area contributed by atoms with Crippen molar-refractivity contribution in [3.05, 3.63) is 105 Å². The van der Waals surface area contributed by atoms with E-state index in [1.54, 1.807) is 30.5 Å². The first kappa shape index (κ1) is 23.5. The number of carbonyl (C=O) groups is 1. The molecule has 174 valence electrons. The molecule has 4 aromatic rings. The van der Waals surface area contributed by atoms with Crippen molar-refractivity contribution in [2.75, 3.05) is 5.32 Å². The van der Waals surface area contributed by atoms with Crippen molar-refractivity contribution in [3.8, 4) is 17.7 Å². The van der Waals surface area contributed by atoms with Gasteiger partial charge in [0.25, 0.3) is 11.5 Å². The van der Waals surface area contributed by atoms with Crippen molar-refractivity contribution in [3.63, 3.8) is 0 Å². The van der Waals surface area contributed by atoms with Crippen LogP contribution in [0.5, 0.6) is 11.6 Å². The Hall–Kier alpha value is -4.70. The minimum Gasteiger partial charge on any atom is -0.438 e. The first-order valence-corrected chi connectivity index (χ1v) is 11.0. The minimum atomic E-state index is -0.628. The van der Waals surface area contributed by atoms with Gasteiger partial charge in [-0.05, 0) is 74.7 Å². The van der Waals surface area contributed by atoms with Gasteiger partial charge in [-0.3, -0.25) is 14.0 Å². The van der Waals surface area contributed by atoms with Gasteiger partial charge >= 0.3 is 0 Å². The number of hydrogen-bond donors (Lipinski definition) is 1. The molecule has 0 aliphatic carbocycles. The molecule has 7 nitrogen and oxygen atoms in total. The van der Waals surface area contributed by atoms with Gasteiger partial charge < -0.3 is 10.1 Å². The van der Waals surface area contributed by atoms with Crippen LogP contribution in [-0.2, 0) is 4.79 Å². The minimum absolute atomic E-state index is 0.00124. The number of benzene rings is 2. The lowest BCUT2D eigenvalue weighted by Crippen LogP contribution is -2.20. The van der Waals surface area contributed by atoms with E-state index in [2.05, 4.69) is 10.3 Å². The van der Waals surface area contributed by atoms with Crippen molar-refractivity contribution in [1.29, 1.82) is 5.26 Å². The van der Waals surface area contributed by atoms with Crippen LogP contribution in [0.25, 0.3) is 11.7 Å². The number of ether oxygens (including phenoxy) is 1. The Morgan fingerprint density at radius 2 is 1.77 bits per heavy atom. The maximum atomic E-state index is 13.4. The van der Waals surface area contributed by atoms with Crippen LogP contribution in [-0.4, -0.2) is 15.3 Å². The normalized spacial score (nSPS) is 11.2. The lowest BCUT2D eigenvalue weighted by atomic mass is 10.1. The Morgan fingerprint density at radius 1 is 1.03 bits per heavy atom. The monoisotopic (exact) mass is 464 g/mol. The maximum Gasteiger partial charge on any atom is 0.269 e. The molecule has 7 heteroatoms. The molecule has 35 heavy (non-hydrogen) atoms. The van der Waals surface area contributed by atoms with E-state index in [9.17, 15) is 14.9 Å². The molecule has 0 aliphatic rings. The molecule has 4 rings (SSSR count). The number of pyridine rings is 1. The summed E-state index contributed by atoms with van der Waals surface area (Å²) in [6, 6.07) is 18.3. The molecular weight excluding hydrogens is 440 g/mol. The van der Waals surface area contributed by atoms with Gasteiger partial charge in [0.2, 0.25) is 5.88 Å². The van der Waals surface area contributed by atoms with Gasteiger partial charge in [-0.25, -0.2) is 0 Å². The molecular formula is C28H24N4O3.